The lowest BCUT2D eigenvalue weighted by Crippen LogP contribution is -2.49. The number of aromatic nitrogens is 2. The van der Waals surface area contributed by atoms with E-state index in [1.165, 1.54) is 4.88 Å². The van der Waals surface area contributed by atoms with Gasteiger partial charge in [-0.3, -0.25) is 0 Å². The molecule has 0 spiro atoms. The second-order valence-corrected chi connectivity index (χ2v) is 7.14. The van der Waals surface area contributed by atoms with E-state index in [0.29, 0.717) is 6.04 Å². The number of nitrogens with zero attached hydrogens (tertiary/aromatic N) is 3. The Morgan fingerprint density at radius 3 is 2.79 bits per heavy atom. The molecule has 4 nitrogen and oxygen atoms in total. The third kappa shape index (κ3) is 2.96. The zero-order chi connectivity index (χ0) is 13.2. The number of nitrogens with one attached hydrogen (secondary N) is 1. The van der Waals surface area contributed by atoms with Gasteiger partial charge >= 0.3 is 0 Å². The van der Waals surface area contributed by atoms with E-state index < -0.39 is 0 Å². The Morgan fingerprint density at radius 1 is 1.37 bits per heavy atom. The first-order valence-corrected chi connectivity index (χ1v) is 7.89. The van der Waals surface area contributed by atoms with Crippen LogP contribution in [0.3, 0.4) is 0 Å². The van der Waals surface area contributed by atoms with E-state index in [1.807, 2.05) is 18.5 Å². The molecule has 0 radical (unpaired) electrons. The minimum atomic E-state index is 0.491. The van der Waals surface area contributed by atoms with Crippen LogP contribution in [0.5, 0.6) is 0 Å². The van der Waals surface area contributed by atoms with Gasteiger partial charge in [-0.05, 0) is 35.0 Å². The van der Waals surface area contributed by atoms with Crippen molar-refractivity contribution in [3.63, 3.8) is 0 Å². The number of rotatable bonds is 2. The lowest BCUT2D eigenvalue weighted by atomic mass is 10.2. The fourth-order valence-electron chi connectivity index (χ4n) is 2.20. The van der Waals surface area contributed by atoms with Crippen molar-refractivity contribution in [3.05, 3.63) is 28.3 Å². The highest BCUT2D eigenvalue weighted by molar-refractivity contribution is 9.11. The van der Waals surface area contributed by atoms with Gasteiger partial charge in [0.2, 0.25) is 5.95 Å². The average Bonchev–Trinajstić information content (AvgIpc) is 2.86. The molecule has 0 bridgehead atoms. The van der Waals surface area contributed by atoms with Gasteiger partial charge in [0.1, 0.15) is 0 Å². The van der Waals surface area contributed by atoms with Gasteiger partial charge in [0.25, 0.3) is 0 Å². The van der Waals surface area contributed by atoms with Crippen LogP contribution in [0.4, 0.5) is 5.95 Å². The van der Waals surface area contributed by atoms with Crippen LogP contribution in [0, 0.1) is 0 Å². The van der Waals surface area contributed by atoms with Gasteiger partial charge in [0.05, 0.1) is 3.79 Å². The first-order chi connectivity index (χ1) is 9.22. The number of hydrogen-bond acceptors (Lipinski definition) is 5. The summed E-state index contributed by atoms with van der Waals surface area (Å²) in [6.45, 7) is 5.10. The molecule has 19 heavy (non-hydrogen) atoms. The highest BCUT2D eigenvalue weighted by Gasteiger charge is 2.17. The smallest absolute Gasteiger partial charge is 0.225 e. The SMILES string of the molecule is CC1CN(c2ncc(-c3ccc(Br)s3)cn2)CCN1. The number of thiophene rings is 1. The van der Waals surface area contributed by atoms with Crippen LogP contribution in [0.15, 0.2) is 28.3 Å². The quantitative estimate of drug-likeness (QED) is 0.914. The summed E-state index contributed by atoms with van der Waals surface area (Å²) < 4.78 is 1.13. The van der Waals surface area contributed by atoms with Crippen LogP contribution < -0.4 is 10.2 Å². The molecule has 1 unspecified atom stereocenters. The zero-order valence-electron chi connectivity index (χ0n) is 10.6. The molecule has 3 rings (SSSR count). The monoisotopic (exact) mass is 338 g/mol. The fraction of sp³-hybridized carbons (Fsp3) is 0.385. The average molecular weight is 339 g/mol. The molecule has 1 fully saturated rings. The molecule has 1 atom stereocenters. The molecule has 0 amide bonds. The number of anilines is 1. The molecule has 0 aliphatic carbocycles. The Labute approximate surface area is 125 Å². The van der Waals surface area contributed by atoms with Crippen molar-refractivity contribution in [1.29, 1.82) is 0 Å². The first kappa shape index (κ1) is 13.0. The van der Waals surface area contributed by atoms with Gasteiger partial charge in [0.15, 0.2) is 0 Å². The summed E-state index contributed by atoms with van der Waals surface area (Å²) in [6, 6.07) is 4.62. The molecule has 2 aromatic rings. The summed E-state index contributed by atoms with van der Waals surface area (Å²) in [5.41, 5.74) is 1.07. The minimum absolute atomic E-state index is 0.491. The van der Waals surface area contributed by atoms with Crippen molar-refractivity contribution in [2.45, 2.75) is 13.0 Å². The third-order valence-corrected chi connectivity index (χ3v) is 4.82. The summed E-state index contributed by atoms with van der Waals surface area (Å²) >= 11 is 5.17. The van der Waals surface area contributed by atoms with Gasteiger partial charge in [-0.25, -0.2) is 9.97 Å². The summed E-state index contributed by atoms with van der Waals surface area (Å²) in [6.07, 6.45) is 3.82. The Balaban J connectivity index is 1.78. The van der Waals surface area contributed by atoms with Gasteiger partial charge < -0.3 is 10.2 Å². The molecule has 2 aromatic heterocycles. The van der Waals surface area contributed by atoms with Crippen molar-refractivity contribution in [2.24, 2.45) is 0 Å². The molecule has 1 saturated heterocycles. The predicted molar refractivity (Wildman–Crippen MR) is 82.7 cm³/mol. The van der Waals surface area contributed by atoms with Crippen LogP contribution in [-0.2, 0) is 0 Å². The van der Waals surface area contributed by atoms with E-state index in [-0.39, 0.29) is 0 Å². The lowest BCUT2D eigenvalue weighted by molar-refractivity contribution is 0.479. The first-order valence-electron chi connectivity index (χ1n) is 6.28. The van der Waals surface area contributed by atoms with Crippen LogP contribution in [0.1, 0.15) is 6.92 Å². The number of halogens is 1. The fourth-order valence-corrected chi connectivity index (χ4v) is 3.56. The molecule has 3 heterocycles. The van der Waals surface area contributed by atoms with Gasteiger partial charge in [-0.15, -0.1) is 11.3 Å². The largest absolute Gasteiger partial charge is 0.338 e. The second-order valence-electron chi connectivity index (χ2n) is 4.68. The van der Waals surface area contributed by atoms with Crippen LogP contribution >= 0.6 is 27.3 Å². The Kier molecular flexibility index (Phi) is 3.81. The Bertz CT molecular complexity index is 554. The maximum absolute atomic E-state index is 4.50. The Morgan fingerprint density at radius 2 is 2.16 bits per heavy atom. The normalized spacial score (nSPS) is 19.7. The maximum Gasteiger partial charge on any atom is 0.225 e. The van der Waals surface area contributed by atoms with Crippen LogP contribution in [-0.4, -0.2) is 35.6 Å². The van der Waals surface area contributed by atoms with Crippen LogP contribution in [0.25, 0.3) is 10.4 Å². The summed E-state index contributed by atoms with van der Waals surface area (Å²) in [5.74, 6) is 0.827. The van der Waals surface area contributed by atoms with E-state index in [2.05, 4.69) is 49.1 Å². The van der Waals surface area contributed by atoms with Crippen molar-refractivity contribution < 1.29 is 0 Å². The van der Waals surface area contributed by atoms with Gasteiger partial charge in [-0.2, -0.15) is 0 Å². The zero-order valence-corrected chi connectivity index (χ0v) is 13.0. The van der Waals surface area contributed by atoms with E-state index in [0.717, 1.165) is 34.9 Å². The van der Waals surface area contributed by atoms with E-state index in [9.17, 15) is 0 Å². The van der Waals surface area contributed by atoms with E-state index >= 15 is 0 Å². The molecule has 100 valence electrons. The summed E-state index contributed by atoms with van der Waals surface area (Å²) in [7, 11) is 0. The molecule has 1 N–H and O–H groups in total. The van der Waals surface area contributed by atoms with Crippen molar-refractivity contribution >= 4 is 33.2 Å². The van der Waals surface area contributed by atoms with Gasteiger partial charge in [-0.1, -0.05) is 0 Å². The Hall–Kier alpha value is -0.980. The standard InChI is InChI=1S/C13H15BrN4S/c1-9-8-18(5-4-15-9)13-16-6-10(7-17-13)11-2-3-12(14)19-11/h2-3,6-7,9,15H,4-5,8H2,1H3. The third-order valence-electron chi connectivity index (χ3n) is 3.15. The number of piperazine rings is 1. The van der Waals surface area contributed by atoms with Crippen LogP contribution in [0.2, 0.25) is 0 Å². The predicted octanol–water partition coefficient (Wildman–Crippen LogP) is 2.77. The van der Waals surface area contributed by atoms with E-state index in [4.69, 9.17) is 0 Å². The highest BCUT2D eigenvalue weighted by atomic mass is 79.9. The molecular weight excluding hydrogens is 324 g/mol. The molecule has 6 heteroatoms. The van der Waals surface area contributed by atoms with E-state index in [1.54, 1.807) is 11.3 Å². The highest BCUT2D eigenvalue weighted by Crippen LogP contribution is 2.30. The second kappa shape index (κ2) is 5.56. The topological polar surface area (TPSA) is 41.1 Å². The van der Waals surface area contributed by atoms with Crippen molar-refractivity contribution in [2.75, 3.05) is 24.5 Å². The van der Waals surface area contributed by atoms with Crippen molar-refractivity contribution in [3.8, 4) is 10.4 Å². The molecule has 0 saturated carbocycles. The summed E-state index contributed by atoms with van der Waals surface area (Å²) in [4.78, 5) is 12.4. The molecular formula is C13H15BrN4S. The molecule has 1 aliphatic rings. The van der Waals surface area contributed by atoms with Gasteiger partial charge in [0, 0.05) is 48.5 Å². The lowest BCUT2D eigenvalue weighted by Gasteiger charge is -2.31. The summed E-state index contributed by atoms with van der Waals surface area (Å²) in [5, 5.41) is 3.42. The van der Waals surface area contributed by atoms with Crippen molar-refractivity contribution in [1.82, 2.24) is 15.3 Å². The molecule has 0 aromatic carbocycles. The minimum Gasteiger partial charge on any atom is -0.338 e. The molecule has 1 aliphatic heterocycles. The maximum atomic E-state index is 4.50. The number of hydrogen-bond donors (Lipinski definition) is 1.